The van der Waals surface area contributed by atoms with Gasteiger partial charge in [-0.05, 0) is 40.3 Å². The monoisotopic (exact) mass is 369 g/mol. The van der Waals surface area contributed by atoms with Crippen LogP contribution in [0.2, 0.25) is 0 Å². The van der Waals surface area contributed by atoms with Crippen molar-refractivity contribution in [2.45, 2.75) is 37.9 Å². The minimum absolute atomic E-state index is 0.0151. The molecule has 112 valence electrons. The van der Waals surface area contributed by atoms with Gasteiger partial charge in [-0.15, -0.1) is 0 Å². The SMILES string of the molecule is CC1(Cn2c(SCC(=O)O)nc3cc(Br)cnc32)CCC1. The Morgan fingerprint density at radius 3 is 2.95 bits per heavy atom. The standard InChI is InChI=1S/C14H16BrN3O2S/c1-14(3-2-4-14)8-18-12-10(5-9(15)6-16-12)17-13(18)21-7-11(19)20/h5-6H,2-4,7-8H2,1H3,(H,19,20). The molecule has 0 aromatic carbocycles. The van der Waals surface area contributed by atoms with Crippen molar-refractivity contribution >= 4 is 44.8 Å². The molecule has 1 saturated carbocycles. The van der Waals surface area contributed by atoms with Crippen LogP contribution in [0, 0.1) is 5.41 Å². The topological polar surface area (TPSA) is 68.0 Å². The number of carboxylic acids is 1. The van der Waals surface area contributed by atoms with Crippen molar-refractivity contribution in [3.8, 4) is 0 Å². The molecule has 0 radical (unpaired) electrons. The van der Waals surface area contributed by atoms with Crippen LogP contribution in [-0.4, -0.2) is 31.4 Å². The van der Waals surface area contributed by atoms with Crippen molar-refractivity contribution in [1.82, 2.24) is 14.5 Å². The number of thioether (sulfide) groups is 1. The first kappa shape index (κ1) is 14.8. The molecule has 1 aliphatic carbocycles. The molecule has 1 N–H and O–H groups in total. The van der Waals surface area contributed by atoms with Gasteiger partial charge in [0, 0.05) is 17.2 Å². The lowest BCUT2D eigenvalue weighted by molar-refractivity contribution is -0.133. The highest BCUT2D eigenvalue weighted by Crippen LogP contribution is 2.43. The lowest BCUT2D eigenvalue weighted by atomic mass is 9.70. The largest absolute Gasteiger partial charge is 0.481 e. The summed E-state index contributed by atoms with van der Waals surface area (Å²) in [6, 6.07) is 1.92. The summed E-state index contributed by atoms with van der Waals surface area (Å²) in [4.78, 5) is 19.8. The van der Waals surface area contributed by atoms with Crippen molar-refractivity contribution in [3.05, 3.63) is 16.7 Å². The molecule has 3 rings (SSSR count). The first-order chi connectivity index (χ1) is 9.97. The van der Waals surface area contributed by atoms with Gasteiger partial charge in [-0.25, -0.2) is 9.97 Å². The van der Waals surface area contributed by atoms with Gasteiger partial charge in [0.05, 0.1) is 5.75 Å². The van der Waals surface area contributed by atoms with Crippen molar-refractivity contribution in [2.75, 3.05) is 5.75 Å². The second-order valence-electron chi connectivity index (χ2n) is 5.82. The molecule has 2 heterocycles. The molecule has 0 atom stereocenters. The Kier molecular flexibility index (Phi) is 3.96. The van der Waals surface area contributed by atoms with E-state index in [4.69, 9.17) is 5.11 Å². The van der Waals surface area contributed by atoms with E-state index >= 15 is 0 Å². The molecule has 0 aliphatic heterocycles. The van der Waals surface area contributed by atoms with E-state index in [9.17, 15) is 4.79 Å². The third kappa shape index (κ3) is 3.08. The highest BCUT2D eigenvalue weighted by molar-refractivity contribution is 9.10. The van der Waals surface area contributed by atoms with Crippen LogP contribution in [0.5, 0.6) is 0 Å². The van der Waals surface area contributed by atoms with Gasteiger partial charge in [-0.1, -0.05) is 25.1 Å². The van der Waals surface area contributed by atoms with E-state index in [1.165, 1.54) is 31.0 Å². The molecule has 0 saturated heterocycles. The quantitative estimate of drug-likeness (QED) is 0.816. The zero-order valence-electron chi connectivity index (χ0n) is 11.7. The van der Waals surface area contributed by atoms with Gasteiger partial charge < -0.3 is 9.67 Å². The van der Waals surface area contributed by atoms with E-state index in [0.29, 0.717) is 0 Å². The summed E-state index contributed by atoms with van der Waals surface area (Å²) in [6.45, 7) is 3.12. The predicted molar refractivity (Wildman–Crippen MR) is 85.5 cm³/mol. The van der Waals surface area contributed by atoms with Crippen LogP contribution in [0.4, 0.5) is 0 Å². The van der Waals surface area contributed by atoms with E-state index in [2.05, 4.69) is 37.4 Å². The summed E-state index contributed by atoms with van der Waals surface area (Å²) in [5.74, 6) is -0.816. The zero-order valence-corrected chi connectivity index (χ0v) is 14.1. The maximum atomic E-state index is 10.8. The third-order valence-electron chi connectivity index (χ3n) is 3.94. The van der Waals surface area contributed by atoms with Crippen LogP contribution in [0.25, 0.3) is 11.2 Å². The number of halogens is 1. The fourth-order valence-corrected chi connectivity index (χ4v) is 3.71. The number of nitrogens with zero attached hydrogens (tertiary/aromatic N) is 3. The number of imidazole rings is 1. The molecular formula is C14H16BrN3O2S. The fraction of sp³-hybridized carbons (Fsp3) is 0.500. The lowest BCUT2D eigenvalue weighted by Gasteiger charge is -2.38. The third-order valence-corrected chi connectivity index (χ3v) is 5.34. The summed E-state index contributed by atoms with van der Waals surface area (Å²) in [7, 11) is 0. The molecule has 1 fully saturated rings. The summed E-state index contributed by atoms with van der Waals surface area (Å²) in [6.07, 6.45) is 5.42. The minimum atomic E-state index is -0.831. The number of fused-ring (bicyclic) bond motifs is 1. The second kappa shape index (κ2) is 5.61. The van der Waals surface area contributed by atoms with Gasteiger partial charge >= 0.3 is 5.97 Å². The normalized spacial score (nSPS) is 16.9. The van der Waals surface area contributed by atoms with E-state index in [0.717, 1.165) is 27.3 Å². The Morgan fingerprint density at radius 1 is 1.57 bits per heavy atom. The van der Waals surface area contributed by atoms with Gasteiger partial charge in [-0.3, -0.25) is 4.79 Å². The first-order valence-corrected chi connectivity index (χ1v) is 8.61. The zero-order chi connectivity index (χ0) is 15.0. The van der Waals surface area contributed by atoms with Crippen molar-refractivity contribution < 1.29 is 9.90 Å². The highest BCUT2D eigenvalue weighted by Gasteiger charge is 2.33. The first-order valence-electron chi connectivity index (χ1n) is 6.83. The Morgan fingerprint density at radius 2 is 2.33 bits per heavy atom. The predicted octanol–water partition coefficient (Wildman–Crippen LogP) is 3.56. The van der Waals surface area contributed by atoms with Gasteiger partial charge in [0.25, 0.3) is 0 Å². The molecule has 2 aromatic heterocycles. The molecule has 0 amide bonds. The van der Waals surface area contributed by atoms with Crippen LogP contribution < -0.4 is 0 Å². The van der Waals surface area contributed by atoms with Crippen molar-refractivity contribution in [3.63, 3.8) is 0 Å². The van der Waals surface area contributed by atoms with Crippen molar-refractivity contribution in [1.29, 1.82) is 0 Å². The number of pyridine rings is 1. The lowest BCUT2D eigenvalue weighted by Crippen LogP contribution is -2.31. The second-order valence-corrected chi connectivity index (χ2v) is 7.68. The number of aliphatic carboxylic acids is 1. The molecule has 2 aromatic rings. The van der Waals surface area contributed by atoms with E-state index in [-0.39, 0.29) is 11.2 Å². The van der Waals surface area contributed by atoms with Crippen LogP contribution in [0.3, 0.4) is 0 Å². The molecule has 7 heteroatoms. The smallest absolute Gasteiger partial charge is 0.313 e. The van der Waals surface area contributed by atoms with Crippen LogP contribution >= 0.6 is 27.7 Å². The Labute approximate surface area is 135 Å². The molecule has 0 unspecified atom stereocenters. The molecule has 0 spiro atoms. The number of rotatable bonds is 5. The Bertz CT molecular complexity index is 697. The van der Waals surface area contributed by atoms with Crippen LogP contribution in [-0.2, 0) is 11.3 Å². The summed E-state index contributed by atoms with van der Waals surface area (Å²) in [5.41, 5.74) is 1.92. The summed E-state index contributed by atoms with van der Waals surface area (Å²) in [5, 5.41) is 9.64. The molecule has 0 bridgehead atoms. The van der Waals surface area contributed by atoms with Crippen LogP contribution in [0.15, 0.2) is 21.9 Å². The van der Waals surface area contributed by atoms with E-state index in [1.807, 2.05) is 6.07 Å². The Hall–Kier alpha value is -1.08. The number of carbonyl (C=O) groups is 1. The van der Waals surface area contributed by atoms with Crippen molar-refractivity contribution in [2.24, 2.45) is 5.41 Å². The van der Waals surface area contributed by atoms with Gasteiger partial charge in [0.15, 0.2) is 10.8 Å². The number of aromatic nitrogens is 3. The highest BCUT2D eigenvalue weighted by atomic mass is 79.9. The average molecular weight is 370 g/mol. The molecule has 5 nitrogen and oxygen atoms in total. The maximum Gasteiger partial charge on any atom is 0.313 e. The average Bonchev–Trinajstić information content (AvgIpc) is 2.71. The maximum absolute atomic E-state index is 10.8. The fourth-order valence-electron chi connectivity index (χ4n) is 2.66. The summed E-state index contributed by atoms with van der Waals surface area (Å²) < 4.78 is 2.96. The van der Waals surface area contributed by atoms with Gasteiger partial charge in [0.2, 0.25) is 0 Å². The van der Waals surface area contributed by atoms with E-state index in [1.54, 1.807) is 6.20 Å². The van der Waals surface area contributed by atoms with Gasteiger partial charge in [-0.2, -0.15) is 0 Å². The number of hydrogen-bond acceptors (Lipinski definition) is 4. The number of hydrogen-bond donors (Lipinski definition) is 1. The minimum Gasteiger partial charge on any atom is -0.481 e. The Balaban J connectivity index is 1.99. The van der Waals surface area contributed by atoms with Crippen LogP contribution in [0.1, 0.15) is 26.2 Å². The molecular weight excluding hydrogens is 354 g/mol. The molecule has 1 aliphatic rings. The van der Waals surface area contributed by atoms with E-state index < -0.39 is 5.97 Å². The van der Waals surface area contributed by atoms with Gasteiger partial charge in [0.1, 0.15) is 5.52 Å². The summed E-state index contributed by atoms with van der Waals surface area (Å²) >= 11 is 4.66. The number of carboxylic acid groups (broad SMARTS) is 1. The molecule has 21 heavy (non-hydrogen) atoms.